The molecule has 3 aromatic carbocycles. The van der Waals surface area contributed by atoms with Gasteiger partial charge in [-0.1, -0.05) is 54.2 Å². The summed E-state index contributed by atoms with van der Waals surface area (Å²) in [5.41, 5.74) is 3.31. The highest BCUT2D eigenvalue weighted by Gasteiger charge is 2.11. The molecule has 0 fully saturated rings. The predicted molar refractivity (Wildman–Crippen MR) is 110 cm³/mol. The van der Waals surface area contributed by atoms with Gasteiger partial charge in [-0.15, -0.1) is 0 Å². The van der Waals surface area contributed by atoms with Crippen molar-refractivity contribution in [1.82, 2.24) is 4.98 Å². The fourth-order valence-corrected chi connectivity index (χ4v) is 3.34. The zero-order valence-electron chi connectivity index (χ0n) is 14.8. The summed E-state index contributed by atoms with van der Waals surface area (Å²) in [5.74, 6) is -0.0447. The Morgan fingerprint density at radius 2 is 1.54 bits per heavy atom. The number of hydrogen-bond donors (Lipinski definition) is 1. The number of nitrogens with zero attached hydrogens (tertiary/aromatic N) is 1. The van der Waals surface area contributed by atoms with E-state index in [0.29, 0.717) is 27.6 Å². The van der Waals surface area contributed by atoms with Gasteiger partial charge in [0.25, 0.3) is 5.22 Å². The van der Waals surface area contributed by atoms with Crippen LogP contribution in [0.15, 0.2) is 88.5 Å². The van der Waals surface area contributed by atoms with E-state index in [-0.39, 0.29) is 17.4 Å². The number of ketones is 1. The first-order chi connectivity index (χ1) is 13.7. The summed E-state index contributed by atoms with van der Waals surface area (Å²) in [4.78, 5) is 28.9. The Morgan fingerprint density at radius 1 is 0.857 bits per heavy atom. The van der Waals surface area contributed by atoms with Crippen molar-refractivity contribution in [3.8, 4) is 0 Å². The number of thioether (sulfide) groups is 1. The lowest BCUT2D eigenvalue weighted by atomic mass is 10.0. The number of oxazole rings is 1. The maximum Gasteiger partial charge on any atom is 0.257 e. The molecule has 6 heteroatoms. The molecule has 1 aromatic heterocycles. The molecule has 0 unspecified atom stereocenters. The monoisotopic (exact) mass is 388 g/mol. The molecule has 0 saturated carbocycles. The van der Waals surface area contributed by atoms with E-state index < -0.39 is 0 Å². The molecule has 0 bridgehead atoms. The van der Waals surface area contributed by atoms with Crippen LogP contribution < -0.4 is 5.32 Å². The molecule has 138 valence electrons. The number of fused-ring (bicyclic) bond motifs is 1. The normalized spacial score (nSPS) is 10.7. The van der Waals surface area contributed by atoms with E-state index in [9.17, 15) is 9.59 Å². The van der Waals surface area contributed by atoms with Gasteiger partial charge in [0.05, 0.1) is 5.75 Å². The van der Waals surface area contributed by atoms with Crippen LogP contribution in [0.2, 0.25) is 0 Å². The molecule has 28 heavy (non-hydrogen) atoms. The summed E-state index contributed by atoms with van der Waals surface area (Å²) in [6.07, 6.45) is 0. The molecule has 0 saturated heterocycles. The van der Waals surface area contributed by atoms with Gasteiger partial charge in [0.15, 0.2) is 11.4 Å². The molecule has 0 radical (unpaired) electrons. The number of amides is 1. The van der Waals surface area contributed by atoms with E-state index in [1.807, 2.05) is 42.5 Å². The molecular formula is C22H16N2O3S. The Hall–Kier alpha value is -3.38. The van der Waals surface area contributed by atoms with Crippen molar-refractivity contribution in [3.05, 3.63) is 90.0 Å². The van der Waals surface area contributed by atoms with Gasteiger partial charge in [-0.25, -0.2) is 4.98 Å². The smallest absolute Gasteiger partial charge is 0.257 e. The van der Waals surface area contributed by atoms with E-state index in [4.69, 9.17) is 4.42 Å². The minimum atomic E-state index is -0.172. The lowest BCUT2D eigenvalue weighted by molar-refractivity contribution is -0.113. The van der Waals surface area contributed by atoms with Gasteiger partial charge in [-0.05, 0) is 36.4 Å². The molecule has 0 atom stereocenters. The quantitative estimate of drug-likeness (QED) is 0.380. The minimum Gasteiger partial charge on any atom is -0.431 e. The van der Waals surface area contributed by atoms with Gasteiger partial charge in [0.1, 0.15) is 5.52 Å². The van der Waals surface area contributed by atoms with Crippen molar-refractivity contribution in [3.63, 3.8) is 0 Å². The highest BCUT2D eigenvalue weighted by Crippen LogP contribution is 2.23. The first-order valence-corrected chi connectivity index (χ1v) is 9.66. The third-order valence-corrected chi connectivity index (χ3v) is 4.90. The van der Waals surface area contributed by atoms with Crippen molar-refractivity contribution in [2.45, 2.75) is 5.22 Å². The third kappa shape index (κ3) is 4.13. The molecule has 1 N–H and O–H groups in total. The molecule has 4 aromatic rings. The van der Waals surface area contributed by atoms with Crippen LogP contribution in [0, 0.1) is 0 Å². The zero-order chi connectivity index (χ0) is 19.3. The number of benzene rings is 3. The molecule has 4 rings (SSSR count). The van der Waals surface area contributed by atoms with Crippen LogP contribution in [0.25, 0.3) is 11.1 Å². The fraction of sp³-hybridized carbons (Fsp3) is 0.0455. The molecule has 0 spiro atoms. The molecular weight excluding hydrogens is 372 g/mol. The Morgan fingerprint density at radius 3 is 2.29 bits per heavy atom. The maximum atomic E-state index is 12.4. The minimum absolute atomic E-state index is 0.0509. The van der Waals surface area contributed by atoms with Crippen molar-refractivity contribution < 1.29 is 14.0 Å². The zero-order valence-corrected chi connectivity index (χ0v) is 15.6. The van der Waals surface area contributed by atoms with Gasteiger partial charge in [-0.3, -0.25) is 9.59 Å². The number of carbonyl (C=O) groups excluding carboxylic acids is 2. The molecule has 0 aliphatic rings. The second-order valence-electron chi connectivity index (χ2n) is 6.06. The van der Waals surface area contributed by atoms with Crippen LogP contribution in [-0.2, 0) is 4.79 Å². The van der Waals surface area contributed by atoms with Gasteiger partial charge in [-0.2, -0.15) is 0 Å². The SMILES string of the molecule is O=C(CSc1nc2ccccc2o1)Nc1ccc(C(=O)c2ccccc2)cc1. The second kappa shape index (κ2) is 8.10. The second-order valence-corrected chi connectivity index (χ2v) is 6.98. The first-order valence-electron chi connectivity index (χ1n) is 8.67. The predicted octanol–water partition coefficient (Wildman–Crippen LogP) is 4.79. The average molecular weight is 388 g/mol. The lowest BCUT2D eigenvalue weighted by Crippen LogP contribution is -2.14. The standard InChI is InChI=1S/C22H16N2O3S/c25-20(14-28-22-24-18-8-4-5-9-19(18)27-22)23-17-12-10-16(11-13-17)21(26)15-6-2-1-3-7-15/h1-13H,14H2,(H,23,25). The number of aromatic nitrogens is 1. The Labute approximate surface area is 165 Å². The molecule has 1 heterocycles. The first kappa shape index (κ1) is 18.0. The van der Waals surface area contributed by atoms with Crippen molar-refractivity contribution >= 4 is 40.2 Å². The Bertz CT molecular complexity index is 1090. The summed E-state index contributed by atoms with van der Waals surface area (Å²) in [7, 11) is 0. The van der Waals surface area contributed by atoms with Crippen molar-refractivity contribution in [1.29, 1.82) is 0 Å². The van der Waals surface area contributed by atoms with Gasteiger partial charge >= 0.3 is 0 Å². The highest BCUT2D eigenvalue weighted by molar-refractivity contribution is 7.99. The highest BCUT2D eigenvalue weighted by atomic mass is 32.2. The molecule has 0 aliphatic heterocycles. The van der Waals surface area contributed by atoms with Crippen LogP contribution in [0.1, 0.15) is 15.9 Å². The summed E-state index contributed by atoms with van der Waals surface area (Å²) in [6.45, 7) is 0. The maximum absolute atomic E-state index is 12.4. The average Bonchev–Trinajstić information content (AvgIpc) is 3.16. The number of para-hydroxylation sites is 2. The Balaban J connectivity index is 1.34. The van der Waals surface area contributed by atoms with E-state index in [2.05, 4.69) is 10.3 Å². The van der Waals surface area contributed by atoms with Gasteiger partial charge in [0, 0.05) is 16.8 Å². The van der Waals surface area contributed by atoms with E-state index in [0.717, 1.165) is 5.52 Å². The van der Waals surface area contributed by atoms with Crippen molar-refractivity contribution in [2.75, 3.05) is 11.1 Å². The number of rotatable bonds is 6. The van der Waals surface area contributed by atoms with Gasteiger partial charge in [0.2, 0.25) is 5.91 Å². The van der Waals surface area contributed by atoms with Crippen molar-refractivity contribution in [2.24, 2.45) is 0 Å². The molecule has 0 aliphatic carbocycles. The lowest BCUT2D eigenvalue weighted by Gasteiger charge is -2.06. The summed E-state index contributed by atoms with van der Waals surface area (Å²) in [5, 5.41) is 3.27. The number of hydrogen-bond acceptors (Lipinski definition) is 5. The number of nitrogens with one attached hydrogen (secondary N) is 1. The van der Waals surface area contributed by atoms with Gasteiger partial charge < -0.3 is 9.73 Å². The van der Waals surface area contributed by atoms with Crippen LogP contribution >= 0.6 is 11.8 Å². The third-order valence-electron chi connectivity index (χ3n) is 4.07. The summed E-state index contributed by atoms with van der Waals surface area (Å²) < 4.78 is 5.59. The van der Waals surface area contributed by atoms with Crippen LogP contribution in [0.4, 0.5) is 5.69 Å². The summed E-state index contributed by atoms with van der Waals surface area (Å²) in [6, 6.07) is 23.4. The fourth-order valence-electron chi connectivity index (χ4n) is 2.70. The van der Waals surface area contributed by atoms with E-state index in [1.54, 1.807) is 36.4 Å². The number of anilines is 1. The largest absolute Gasteiger partial charge is 0.431 e. The molecule has 1 amide bonds. The van der Waals surface area contributed by atoms with Crippen LogP contribution in [-0.4, -0.2) is 22.4 Å². The van der Waals surface area contributed by atoms with Crippen LogP contribution in [0.3, 0.4) is 0 Å². The summed E-state index contributed by atoms with van der Waals surface area (Å²) >= 11 is 1.23. The number of carbonyl (C=O) groups is 2. The van der Waals surface area contributed by atoms with E-state index in [1.165, 1.54) is 11.8 Å². The van der Waals surface area contributed by atoms with Crippen LogP contribution in [0.5, 0.6) is 0 Å². The topological polar surface area (TPSA) is 72.2 Å². The Kier molecular flexibility index (Phi) is 5.21. The molecule has 5 nitrogen and oxygen atoms in total. The van der Waals surface area contributed by atoms with E-state index >= 15 is 0 Å².